The maximum Gasteiger partial charge on any atom is 0.119 e. The molecule has 3 nitrogen and oxygen atoms in total. The Labute approximate surface area is 104 Å². The SMILES string of the molecule is COc1ccc2nc3c(c(Cl)c2c1)CCOC3. The fourth-order valence-corrected chi connectivity index (χ4v) is 2.49. The number of methoxy groups -OCH3 is 1. The molecule has 1 aliphatic rings. The van der Waals surface area contributed by atoms with Crippen LogP contribution >= 0.6 is 11.6 Å². The van der Waals surface area contributed by atoms with Crippen LogP contribution in [0, 0.1) is 0 Å². The van der Waals surface area contributed by atoms with Crippen LogP contribution in [0.2, 0.25) is 5.02 Å². The number of halogens is 1. The summed E-state index contributed by atoms with van der Waals surface area (Å²) in [6.45, 7) is 1.26. The number of hydrogen-bond donors (Lipinski definition) is 0. The average molecular weight is 250 g/mol. The molecule has 0 saturated carbocycles. The van der Waals surface area contributed by atoms with Gasteiger partial charge in [0.2, 0.25) is 0 Å². The van der Waals surface area contributed by atoms with E-state index in [1.165, 1.54) is 0 Å². The van der Waals surface area contributed by atoms with E-state index in [2.05, 4.69) is 4.98 Å². The lowest BCUT2D eigenvalue weighted by atomic mass is 10.0. The summed E-state index contributed by atoms with van der Waals surface area (Å²) < 4.78 is 10.6. The molecule has 1 aromatic carbocycles. The third-order valence-electron chi connectivity index (χ3n) is 3.04. The topological polar surface area (TPSA) is 31.4 Å². The van der Waals surface area contributed by atoms with Crippen LogP contribution in [0.25, 0.3) is 10.9 Å². The molecule has 0 atom stereocenters. The summed E-state index contributed by atoms with van der Waals surface area (Å²) in [5.74, 6) is 0.799. The van der Waals surface area contributed by atoms with Crippen molar-refractivity contribution in [3.63, 3.8) is 0 Å². The van der Waals surface area contributed by atoms with Crippen molar-refractivity contribution >= 4 is 22.5 Å². The summed E-state index contributed by atoms with van der Waals surface area (Å²) in [5.41, 5.74) is 2.96. The molecule has 0 bridgehead atoms. The predicted molar refractivity (Wildman–Crippen MR) is 66.7 cm³/mol. The standard InChI is InChI=1S/C13H12ClNO2/c1-16-8-2-3-11-10(6-8)13(14)9-4-5-17-7-12(9)15-11/h2-3,6H,4-5,7H2,1H3. The number of rotatable bonds is 1. The molecule has 1 aliphatic heterocycles. The van der Waals surface area contributed by atoms with Crippen molar-refractivity contribution in [2.24, 2.45) is 0 Å². The number of ether oxygens (including phenoxy) is 2. The molecule has 3 rings (SSSR count). The second kappa shape index (κ2) is 4.17. The van der Waals surface area contributed by atoms with Crippen LogP contribution in [0.15, 0.2) is 18.2 Å². The highest BCUT2D eigenvalue weighted by Gasteiger charge is 2.17. The highest BCUT2D eigenvalue weighted by atomic mass is 35.5. The minimum absolute atomic E-state index is 0.553. The summed E-state index contributed by atoms with van der Waals surface area (Å²) in [6, 6.07) is 5.75. The van der Waals surface area contributed by atoms with Crippen molar-refractivity contribution in [2.75, 3.05) is 13.7 Å². The first-order valence-electron chi connectivity index (χ1n) is 5.52. The number of pyridine rings is 1. The van der Waals surface area contributed by atoms with Gasteiger partial charge in [0.05, 0.1) is 36.6 Å². The van der Waals surface area contributed by atoms with Gasteiger partial charge in [-0.1, -0.05) is 11.6 Å². The Kier molecular flexibility index (Phi) is 2.65. The molecule has 0 unspecified atom stereocenters. The number of aromatic nitrogens is 1. The molecule has 88 valence electrons. The highest BCUT2D eigenvalue weighted by Crippen LogP contribution is 2.32. The predicted octanol–water partition coefficient (Wildman–Crippen LogP) is 2.97. The minimum atomic E-state index is 0.553. The Morgan fingerprint density at radius 2 is 2.29 bits per heavy atom. The molecule has 0 aliphatic carbocycles. The molecule has 0 N–H and O–H groups in total. The van der Waals surface area contributed by atoms with E-state index in [9.17, 15) is 0 Å². The van der Waals surface area contributed by atoms with E-state index in [0.717, 1.165) is 39.4 Å². The van der Waals surface area contributed by atoms with Crippen molar-refractivity contribution < 1.29 is 9.47 Å². The molecule has 2 heterocycles. The van der Waals surface area contributed by atoms with Gasteiger partial charge in [0.15, 0.2) is 0 Å². The molecule has 0 spiro atoms. The molecule has 0 amide bonds. The van der Waals surface area contributed by atoms with E-state index < -0.39 is 0 Å². The molecular weight excluding hydrogens is 238 g/mol. The normalized spacial score (nSPS) is 14.7. The van der Waals surface area contributed by atoms with Crippen LogP contribution in [0.3, 0.4) is 0 Å². The molecule has 17 heavy (non-hydrogen) atoms. The molecule has 4 heteroatoms. The second-order valence-electron chi connectivity index (χ2n) is 4.04. The van der Waals surface area contributed by atoms with E-state index >= 15 is 0 Å². The summed E-state index contributed by atoms with van der Waals surface area (Å²) in [4.78, 5) is 4.59. The monoisotopic (exact) mass is 249 g/mol. The zero-order chi connectivity index (χ0) is 11.8. The molecular formula is C13H12ClNO2. The van der Waals surface area contributed by atoms with Crippen LogP contribution in [0.5, 0.6) is 5.75 Å². The maximum absolute atomic E-state index is 6.44. The van der Waals surface area contributed by atoms with Crippen LogP contribution in [-0.2, 0) is 17.8 Å². The van der Waals surface area contributed by atoms with Crippen LogP contribution in [0.4, 0.5) is 0 Å². The Morgan fingerprint density at radius 1 is 1.41 bits per heavy atom. The number of fused-ring (bicyclic) bond motifs is 2. The summed E-state index contributed by atoms with van der Waals surface area (Å²) in [7, 11) is 1.65. The van der Waals surface area contributed by atoms with Crippen molar-refractivity contribution in [1.82, 2.24) is 4.98 Å². The quantitative estimate of drug-likeness (QED) is 0.779. The zero-order valence-electron chi connectivity index (χ0n) is 9.50. The van der Waals surface area contributed by atoms with Gasteiger partial charge in [-0.25, -0.2) is 4.98 Å². The Balaban J connectivity index is 2.28. The fourth-order valence-electron chi connectivity index (χ4n) is 2.13. The number of nitrogens with zero attached hydrogens (tertiary/aromatic N) is 1. The van der Waals surface area contributed by atoms with Gasteiger partial charge in [-0.15, -0.1) is 0 Å². The van der Waals surface area contributed by atoms with Crippen LogP contribution < -0.4 is 4.74 Å². The van der Waals surface area contributed by atoms with Gasteiger partial charge in [0.25, 0.3) is 0 Å². The zero-order valence-corrected chi connectivity index (χ0v) is 10.3. The van der Waals surface area contributed by atoms with Gasteiger partial charge in [0.1, 0.15) is 5.75 Å². The lowest BCUT2D eigenvalue weighted by molar-refractivity contribution is 0.108. The van der Waals surface area contributed by atoms with Crippen LogP contribution in [-0.4, -0.2) is 18.7 Å². The minimum Gasteiger partial charge on any atom is -0.497 e. The average Bonchev–Trinajstić information content (AvgIpc) is 2.39. The van der Waals surface area contributed by atoms with E-state index in [1.807, 2.05) is 18.2 Å². The lowest BCUT2D eigenvalue weighted by Crippen LogP contribution is -2.12. The third-order valence-corrected chi connectivity index (χ3v) is 3.48. The first kappa shape index (κ1) is 10.8. The van der Waals surface area contributed by atoms with Gasteiger partial charge >= 0.3 is 0 Å². The summed E-state index contributed by atoms with van der Waals surface area (Å²) >= 11 is 6.44. The largest absolute Gasteiger partial charge is 0.497 e. The Bertz CT molecular complexity index is 583. The van der Waals surface area contributed by atoms with Gasteiger partial charge in [-0.2, -0.15) is 0 Å². The van der Waals surface area contributed by atoms with Gasteiger partial charge in [0, 0.05) is 5.39 Å². The van der Waals surface area contributed by atoms with Crippen LogP contribution in [0.1, 0.15) is 11.3 Å². The molecule has 0 fully saturated rings. The first-order valence-corrected chi connectivity index (χ1v) is 5.90. The molecule has 0 saturated heterocycles. The Morgan fingerprint density at radius 3 is 3.12 bits per heavy atom. The van der Waals surface area contributed by atoms with Gasteiger partial charge in [-0.05, 0) is 30.2 Å². The summed E-state index contributed by atoms with van der Waals surface area (Å²) in [6.07, 6.45) is 0.828. The number of benzene rings is 1. The van der Waals surface area contributed by atoms with Crippen molar-refractivity contribution in [3.8, 4) is 5.75 Å². The van der Waals surface area contributed by atoms with Crippen molar-refractivity contribution in [1.29, 1.82) is 0 Å². The first-order chi connectivity index (χ1) is 8.29. The van der Waals surface area contributed by atoms with Gasteiger partial charge < -0.3 is 9.47 Å². The maximum atomic E-state index is 6.44. The van der Waals surface area contributed by atoms with E-state index in [4.69, 9.17) is 21.1 Å². The molecule has 1 aromatic heterocycles. The van der Waals surface area contributed by atoms with E-state index in [0.29, 0.717) is 13.2 Å². The van der Waals surface area contributed by atoms with Crippen molar-refractivity contribution in [2.45, 2.75) is 13.0 Å². The van der Waals surface area contributed by atoms with E-state index in [1.54, 1.807) is 7.11 Å². The van der Waals surface area contributed by atoms with Crippen molar-refractivity contribution in [3.05, 3.63) is 34.5 Å². The molecule has 2 aromatic rings. The summed E-state index contributed by atoms with van der Waals surface area (Å²) in [5, 5.41) is 1.74. The fraction of sp³-hybridized carbons (Fsp3) is 0.308. The Hall–Kier alpha value is -1.32. The number of hydrogen-bond acceptors (Lipinski definition) is 3. The third kappa shape index (κ3) is 1.75. The highest BCUT2D eigenvalue weighted by molar-refractivity contribution is 6.36. The van der Waals surface area contributed by atoms with Gasteiger partial charge in [-0.3, -0.25) is 0 Å². The second-order valence-corrected chi connectivity index (χ2v) is 4.41. The molecule has 0 radical (unpaired) electrons. The van der Waals surface area contributed by atoms with E-state index in [-0.39, 0.29) is 0 Å². The smallest absolute Gasteiger partial charge is 0.119 e. The lowest BCUT2D eigenvalue weighted by Gasteiger charge is -2.18.